The van der Waals surface area contributed by atoms with Crippen molar-refractivity contribution in [2.45, 2.75) is 6.42 Å². The van der Waals surface area contributed by atoms with Crippen molar-refractivity contribution in [3.63, 3.8) is 0 Å². The van der Waals surface area contributed by atoms with Crippen LogP contribution in [0.2, 0.25) is 0 Å². The Morgan fingerprint density at radius 1 is 1.42 bits per heavy atom. The van der Waals surface area contributed by atoms with Crippen LogP contribution < -0.4 is 4.74 Å². The molecule has 6 heteroatoms. The highest BCUT2D eigenvalue weighted by atomic mass is 32.1. The van der Waals surface area contributed by atoms with Crippen LogP contribution in [0.3, 0.4) is 0 Å². The van der Waals surface area contributed by atoms with E-state index in [4.69, 9.17) is 10.00 Å². The molecule has 0 fully saturated rings. The number of hydrogen-bond acceptors (Lipinski definition) is 5. The maximum atomic E-state index is 10.8. The minimum absolute atomic E-state index is 0.0376. The van der Waals surface area contributed by atoms with E-state index in [1.165, 1.54) is 17.0 Å². The number of nitrogens with zero attached hydrogens (tertiary/aromatic N) is 2. The zero-order valence-corrected chi connectivity index (χ0v) is 10.7. The Bertz CT molecular complexity index is 617. The van der Waals surface area contributed by atoms with Gasteiger partial charge in [-0.2, -0.15) is 5.26 Å². The molecular weight excluding hydrogens is 264 g/mol. The van der Waals surface area contributed by atoms with Crippen LogP contribution in [-0.4, -0.2) is 11.5 Å². The Hall–Kier alpha value is -2.39. The highest BCUT2D eigenvalue weighted by molar-refractivity contribution is 7.09. The molecule has 96 valence electrons. The predicted octanol–water partition coefficient (Wildman–Crippen LogP) is 3.15. The van der Waals surface area contributed by atoms with Gasteiger partial charge in [-0.05, 0) is 23.6 Å². The number of thiophene rings is 1. The van der Waals surface area contributed by atoms with Gasteiger partial charge in [0, 0.05) is 11.3 Å². The molecule has 1 aromatic heterocycles. The van der Waals surface area contributed by atoms with E-state index < -0.39 is 4.92 Å². The first-order valence-corrected chi connectivity index (χ1v) is 6.42. The summed E-state index contributed by atoms with van der Waals surface area (Å²) in [5.74, 6) is 0.405. The fourth-order valence-electron chi connectivity index (χ4n) is 1.57. The normalized spacial score (nSPS) is 9.84. The first kappa shape index (κ1) is 13.1. The summed E-state index contributed by atoms with van der Waals surface area (Å²) in [6, 6.07) is 10.0. The van der Waals surface area contributed by atoms with Crippen LogP contribution in [-0.2, 0) is 6.42 Å². The van der Waals surface area contributed by atoms with Gasteiger partial charge < -0.3 is 4.74 Å². The second-order valence-electron chi connectivity index (χ2n) is 3.73. The fraction of sp³-hybridized carbons (Fsp3) is 0.154. The lowest BCUT2D eigenvalue weighted by Crippen LogP contribution is -2.01. The third-order valence-electron chi connectivity index (χ3n) is 2.48. The van der Waals surface area contributed by atoms with Gasteiger partial charge in [0.15, 0.2) is 0 Å². The second-order valence-corrected chi connectivity index (χ2v) is 4.76. The molecule has 1 aromatic carbocycles. The topological polar surface area (TPSA) is 76.2 Å². The number of nitro groups is 1. The molecule has 0 bridgehead atoms. The van der Waals surface area contributed by atoms with E-state index >= 15 is 0 Å². The molecule has 0 spiro atoms. The Morgan fingerprint density at radius 3 is 2.89 bits per heavy atom. The van der Waals surface area contributed by atoms with Gasteiger partial charge in [-0.25, -0.2) is 0 Å². The smallest absolute Gasteiger partial charge is 0.290 e. The molecular formula is C13H10N2O3S. The van der Waals surface area contributed by atoms with Crippen molar-refractivity contribution in [3.8, 4) is 11.8 Å². The molecule has 0 radical (unpaired) electrons. The number of benzene rings is 1. The number of rotatable bonds is 5. The van der Waals surface area contributed by atoms with Gasteiger partial charge in [-0.15, -0.1) is 11.3 Å². The van der Waals surface area contributed by atoms with Crippen molar-refractivity contribution >= 4 is 17.0 Å². The molecule has 0 unspecified atom stereocenters. The molecule has 2 rings (SSSR count). The number of nitro benzene ring substituents is 1. The Morgan fingerprint density at radius 2 is 2.26 bits per heavy atom. The monoisotopic (exact) mass is 274 g/mol. The quantitative estimate of drug-likeness (QED) is 0.620. The summed E-state index contributed by atoms with van der Waals surface area (Å²) in [5, 5.41) is 21.5. The molecule has 0 saturated carbocycles. The third-order valence-corrected chi connectivity index (χ3v) is 3.42. The number of hydrogen-bond donors (Lipinski definition) is 0. The van der Waals surface area contributed by atoms with Crippen LogP contribution in [0.15, 0.2) is 35.7 Å². The van der Waals surface area contributed by atoms with Crippen LogP contribution in [0, 0.1) is 21.4 Å². The van der Waals surface area contributed by atoms with Gasteiger partial charge in [-0.1, -0.05) is 6.07 Å². The Kier molecular flexibility index (Phi) is 4.11. The molecule has 1 heterocycles. The van der Waals surface area contributed by atoms with Crippen LogP contribution >= 0.6 is 11.3 Å². The molecule has 0 saturated heterocycles. The largest absolute Gasteiger partial charge is 0.493 e. The van der Waals surface area contributed by atoms with Gasteiger partial charge in [0.1, 0.15) is 17.4 Å². The highest BCUT2D eigenvalue weighted by Crippen LogP contribution is 2.24. The molecule has 0 aliphatic carbocycles. The van der Waals surface area contributed by atoms with E-state index in [0.717, 1.165) is 6.42 Å². The van der Waals surface area contributed by atoms with Crippen LogP contribution in [0.5, 0.6) is 5.75 Å². The molecule has 0 N–H and O–H groups in total. The molecule has 2 aromatic rings. The maximum Gasteiger partial charge on any atom is 0.290 e. The zero-order valence-electron chi connectivity index (χ0n) is 9.91. The van der Waals surface area contributed by atoms with Crippen molar-refractivity contribution in [2.75, 3.05) is 6.61 Å². The van der Waals surface area contributed by atoms with E-state index in [2.05, 4.69) is 0 Å². The maximum absolute atomic E-state index is 10.8. The van der Waals surface area contributed by atoms with Crippen LogP contribution in [0.4, 0.5) is 5.69 Å². The minimum atomic E-state index is -0.579. The molecule has 5 nitrogen and oxygen atoms in total. The van der Waals surface area contributed by atoms with Crippen molar-refractivity contribution < 1.29 is 9.66 Å². The lowest BCUT2D eigenvalue weighted by Gasteiger charge is -2.05. The summed E-state index contributed by atoms with van der Waals surface area (Å²) in [4.78, 5) is 11.4. The van der Waals surface area contributed by atoms with Gasteiger partial charge in [0.05, 0.1) is 17.6 Å². The Balaban J connectivity index is 2.03. The first-order valence-electron chi connectivity index (χ1n) is 5.54. The Labute approximate surface area is 113 Å². The van der Waals surface area contributed by atoms with E-state index in [9.17, 15) is 10.1 Å². The third kappa shape index (κ3) is 3.30. The van der Waals surface area contributed by atoms with Crippen LogP contribution in [0.25, 0.3) is 0 Å². The van der Waals surface area contributed by atoms with E-state index in [-0.39, 0.29) is 11.3 Å². The van der Waals surface area contributed by atoms with Crippen molar-refractivity contribution in [2.24, 2.45) is 0 Å². The lowest BCUT2D eigenvalue weighted by molar-refractivity contribution is -0.385. The molecule has 0 aliphatic rings. The zero-order chi connectivity index (χ0) is 13.7. The first-order chi connectivity index (χ1) is 9.20. The predicted molar refractivity (Wildman–Crippen MR) is 71.3 cm³/mol. The van der Waals surface area contributed by atoms with Gasteiger partial charge in [0.25, 0.3) is 5.69 Å². The van der Waals surface area contributed by atoms with Crippen molar-refractivity contribution in [3.05, 3.63) is 56.3 Å². The average Bonchev–Trinajstić information content (AvgIpc) is 2.91. The summed E-state index contributed by atoms with van der Waals surface area (Å²) >= 11 is 1.64. The van der Waals surface area contributed by atoms with E-state index in [1.807, 2.05) is 17.5 Å². The van der Waals surface area contributed by atoms with Gasteiger partial charge in [0.2, 0.25) is 0 Å². The molecule has 0 amide bonds. The molecule has 19 heavy (non-hydrogen) atoms. The van der Waals surface area contributed by atoms with Gasteiger partial charge in [-0.3, -0.25) is 10.1 Å². The summed E-state index contributed by atoms with van der Waals surface area (Å²) in [6.45, 7) is 0.448. The highest BCUT2D eigenvalue weighted by Gasteiger charge is 2.14. The van der Waals surface area contributed by atoms with Crippen molar-refractivity contribution in [1.29, 1.82) is 5.26 Å². The molecule has 0 aliphatic heterocycles. The molecule has 0 atom stereocenters. The SMILES string of the molecule is N#Cc1ccc(OCCc2cccs2)cc1[N+](=O)[O-]. The summed E-state index contributed by atoms with van der Waals surface area (Å²) in [7, 11) is 0. The lowest BCUT2D eigenvalue weighted by atomic mass is 10.2. The van der Waals surface area contributed by atoms with E-state index in [1.54, 1.807) is 23.5 Å². The number of ether oxygens (including phenoxy) is 1. The van der Waals surface area contributed by atoms with E-state index in [0.29, 0.717) is 12.4 Å². The van der Waals surface area contributed by atoms with Gasteiger partial charge >= 0.3 is 0 Å². The number of nitriles is 1. The van der Waals surface area contributed by atoms with Crippen molar-refractivity contribution in [1.82, 2.24) is 0 Å². The average molecular weight is 274 g/mol. The fourth-order valence-corrected chi connectivity index (χ4v) is 2.26. The minimum Gasteiger partial charge on any atom is -0.493 e. The van der Waals surface area contributed by atoms with Crippen LogP contribution in [0.1, 0.15) is 10.4 Å². The second kappa shape index (κ2) is 5.98. The summed E-state index contributed by atoms with van der Waals surface area (Å²) in [5.41, 5.74) is -0.188. The summed E-state index contributed by atoms with van der Waals surface area (Å²) < 4.78 is 5.46. The summed E-state index contributed by atoms with van der Waals surface area (Å²) in [6.07, 6.45) is 0.755. The standard InChI is InChI=1S/C13H10N2O3S/c14-9-10-3-4-11(8-13(10)15(16)17)18-6-5-12-2-1-7-19-12/h1-4,7-8H,5-6H2.